The summed E-state index contributed by atoms with van der Waals surface area (Å²) in [7, 11) is 0. The lowest BCUT2D eigenvalue weighted by molar-refractivity contribution is -0.379. The number of hydrogen-bond acceptors (Lipinski definition) is 18. The van der Waals surface area contributed by atoms with Crippen LogP contribution in [0.3, 0.4) is 0 Å². The van der Waals surface area contributed by atoms with Gasteiger partial charge in [0.15, 0.2) is 18.9 Å². The highest BCUT2D eigenvalue weighted by Crippen LogP contribution is 2.33. The molecule has 490 valence electrons. The molecule has 0 spiro atoms. The van der Waals surface area contributed by atoms with Gasteiger partial charge in [0.1, 0.15) is 73.2 Å². The lowest BCUT2D eigenvalue weighted by Gasteiger charge is -2.48. The maximum atomic E-state index is 13.4. The average molecular weight is 1190 g/mol. The van der Waals surface area contributed by atoms with E-state index in [9.17, 15) is 61.0 Å². The van der Waals surface area contributed by atoms with Crippen molar-refractivity contribution in [3.05, 3.63) is 12.2 Å². The Bertz CT molecular complexity index is 1560. The van der Waals surface area contributed by atoms with E-state index in [1.165, 1.54) is 186 Å². The van der Waals surface area contributed by atoms with E-state index < -0.39 is 124 Å². The van der Waals surface area contributed by atoms with Crippen molar-refractivity contribution in [1.29, 1.82) is 0 Å². The van der Waals surface area contributed by atoms with Gasteiger partial charge in [-0.1, -0.05) is 244 Å². The summed E-state index contributed by atoms with van der Waals surface area (Å²) in [4.78, 5) is 13.4. The number of unbranched alkanes of at least 4 members (excludes halogenated alkanes) is 35. The van der Waals surface area contributed by atoms with Gasteiger partial charge in [-0.15, -0.1) is 0 Å². The van der Waals surface area contributed by atoms with Crippen molar-refractivity contribution in [2.75, 3.05) is 26.4 Å². The molecule has 3 fully saturated rings. The lowest BCUT2D eigenvalue weighted by Crippen LogP contribution is -2.66. The molecule has 17 unspecified atom stereocenters. The van der Waals surface area contributed by atoms with E-state index >= 15 is 0 Å². The maximum absolute atomic E-state index is 13.4. The van der Waals surface area contributed by atoms with Crippen molar-refractivity contribution in [1.82, 2.24) is 5.32 Å². The molecule has 3 rings (SSSR count). The second kappa shape index (κ2) is 47.5. The van der Waals surface area contributed by atoms with Gasteiger partial charge in [-0.25, -0.2) is 0 Å². The fourth-order valence-corrected chi connectivity index (χ4v) is 11.6. The van der Waals surface area contributed by atoms with Crippen molar-refractivity contribution in [2.45, 2.75) is 362 Å². The Labute approximate surface area is 499 Å². The number of hydrogen-bond donors (Lipinski definition) is 12. The Morgan fingerprint density at radius 3 is 1.13 bits per heavy atom. The summed E-state index contributed by atoms with van der Waals surface area (Å²) in [6, 6.07) is -0.968. The molecule has 12 N–H and O–H groups in total. The molecular formula is C64H121NO18. The standard InChI is InChI=1S/C64H121NO18/c1-3-5-7-9-11-13-15-17-19-21-23-24-25-27-29-31-33-35-37-39-41-48(69)47(65-52(70)42-40-38-36-34-32-30-28-26-22-20-18-16-14-12-10-8-6-4-2)46-78-62-58(76)55(73)60(50(44-67)80-62)83-64-59(77)56(74)61(51(45-68)81-64)82-63-57(75)54(72)53(71)49(43-66)79-63/h39,41,47-51,53-64,66-69,71-77H,3-38,40,42-46H2,1-2H3,(H,65,70)/b41-39+. The summed E-state index contributed by atoms with van der Waals surface area (Å²) in [5.41, 5.74) is 0. The number of aliphatic hydroxyl groups is 11. The topological polar surface area (TPSA) is 307 Å². The molecule has 3 aliphatic heterocycles. The van der Waals surface area contributed by atoms with Crippen LogP contribution in [-0.2, 0) is 33.2 Å². The number of amides is 1. The Balaban J connectivity index is 1.47. The minimum Gasteiger partial charge on any atom is -0.394 e. The number of ether oxygens (including phenoxy) is 6. The van der Waals surface area contributed by atoms with Gasteiger partial charge in [-0.2, -0.15) is 0 Å². The largest absolute Gasteiger partial charge is 0.394 e. The van der Waals surface area contributed by atoms with Gasteiger partial charge in [0, 0.05) is 6.42 Å². The average Bonchev–Trinajstić information content (AvgIpc) is 3.35. The first-order chi connectivity index (χ1) is 40.3. The fourth-order valence-electron chi connectivity index (χ4n) is 11.6. The number of carbonyl (C=O) groups excluding carboxylic acids is 1. The van der Waals surface area contributed by atoms with Gasteiger partial charge in [0.2, 0.25) is 5.91 Å². The first-order valence-corrected chi connectivity index (χ1v) is 33.4. The minimum atomic E-state index is -1.98. The van der Waals surface area contributed by atoms with E-state index in [1.54, 1.807) is 6.08 Å². The monoisotopic (exact) mass is 1190 g/mol. The van der Waals surface area contributed by atoms with Gasteiger partial charge < -0.3 is 89.9 Å². The third-order valence-electron chi connectivity index (χ3n) is 17.1. The molecule has 3 heterocycles. The summed E-state index contributed by atoms with van der Waals surface area (Å²) in [6.45, 7) is 1.76. The van der Waals surface area contributed by atoms with Gasteiger partial charge in [-0.3, -0.25) is 4.79 Å². The zero-order chi connectivity index (χ0) is 60.5. The third-order valence-corrected chi connectivity index (χ3v) is 17.1. The maximum Gasteiger partial charge on any atom is 0.220 e. The molecule has 0 saturated carbocycles. The minimum absolute atomic E-state index is 0.249. The van der Waals surface area contributed by atoms with Crippen LogP contribution in [0.5, 0.6) is 0 Å². The van der Waals surface area contributed by atoms with Gasteiger partial charge in [-0.05, 0) is 19.3 Å². The molecule has 19 nitrogen and oxygen atoms in total. The molecule has 17 atom stereocenters. The fraction of sp³-hybridized carbons (Fsp3) is 0.953. The van der Waals surface area contributed by atoms with E-state index in [4.69, 9.17) is 28.4 Å². The normalized spacial score (nSPS) is 29.4. The molecule has 0 aromatic heterocycles. The molecular weight excluding hydrogens is 1070 g/mol. The van der Waals surface area contributed by atoms with Crippen LogP contribution in [0.4, 0.5) is 0 Å². The van der Waals surface area contributed by atoms with E-state index in [2.05, 4.69) is 19.2 Å². The van der Waals surface area contributed by atoms with Crippen molar-refractivity contribution in [3.63, 3.8) is 0 Å². The number of nitrogens with one attached hydrogen (secondary N) is 1. The van der Waals surface area contributed by atoms with Crippen LogP contribution < -0.4 is 5.32 Å². The highest BCUT2D eigenvalue weighted by atomic mass is 16.8. The zero-order valence-corrected chi connectivity index (χ0v) is 51.4. The van der Waals surface area contributed by atoms with Crippen LogP contribution >= 0.6 is 0 Å². The summed E-state index contributed by atoms with van der Waals surface area (Å²) in [5.74, 6) is -0.270. The third kappa shape index (κ3) is 30.5. The lowest BCUT2D eigenvalue weighted by atomic mass is 9.96. The van der Waals surface area contributed by atoms with Crippen LogP contribution in [0.1, 0.15) is 258 Å². The Hall–Kier alpha value is -1.47. The van der Waals surface area contributed by atoms with Gasteiger partial charge in [0.25, 0.3) is 0 Å². The van der Waals surface area contributed by atoms with E-state index in [-0.39, 0.29) is 18.9 Å². The molecule has 19 heteroatoms. The smallest absolute Gasteiger partial charge is 0.220 e. The quantitative estimate of drug-likeness (QED) is 0.0205. The Kier molecular flexibility index (Phi) is 43.4. The van der Waals surface area contributed by atoms with Crippen LogP contribution in [0.15, 0.2) is 12.2 Å². The van der Waals surface area contributed by atoms with Crippen LogP contribution in [0.2, 0.25) is 0 Å². The Morgan fingerprint density at radius 1 is 0.422 bits per heavy atom. The molecule has 3 saturated heterocycles. The van der Waals surface area contributed by atoms with Crippen LogP contribution in [0.25, 0.3) is 0 Å². The summed E-state index contributed by atoms with van der Waals surface area (Å²) >= 11 is 0. The molecule has 0 radical (unpaired) electrons. The predicted molar refractivity (Wildman–Crippen MR) is 319 cm³/mol. The number of carbonyl (C=O) groups is 1. The van der Waals surface area contributed by atoms with Crippen molar-refractivity contribution >= 4 is 5.91 Å². The molecule has 0 bridgehead atoms. The van der Waals surface area contributed by atoms with Gasteiger partial charge in [0.05, 0.1) is 38.6 Å². The van der Waals surface area contributed by atoms with E-state index in [0.717, 1.165) is 44.9 Å². The molecule has 0 aliphatic carbocycles. The predicted octanol–water partition coefficient (Wildman–Crippen LogP) is 7.72. The molecule has 83 heavy (non-hydrogen) atoms. The Morgan fingerprint density at radius 2 is 0.747 bits per heavy atom. The molecule has 0 aromatic rings. The summed E-state index contributed by atoms with van der Waals surface area (Å²) < 4.78 is 34.3. The second-order valence-electron chi connectivity index (χ2n) is 24.3. The van der Waals surface area contributed by atoms with E-state index in [1.807, 2.05) is 6.08 Å². The first-order valence-electron chi connectivity index (χ1n) is 33.4. The zero-order valence-electron chi connectivity index (χ0n) is 51.4. The van der Waals surface area contributed by atoms with Crippen molar-refractivity contribution < 1.29 is 89.4 Å². The van der Waals surface area contributed by atoms with Crippen LogP contribution in [0, 0.1) is 0 Å². The summed E-state index contributed by atoms with van der Waals surface area (Å²) in [5, 5.41) is 120. The highest BCUT2D eigenvalue weighted by Gasteiger charge is 2.53. The van der Waals surface area contributed by atoms with Gasteiger partial charge >= 0.3 is 0 Å². The molecule has 3 aliphatic rings. The van der Waals surface area contributed by atoms with Crippen LogP contribution in [-0.4, -0.2) is 193 Å². The first kappa shape index (κ1) is 75.8. The highest BCUT2D eigenvalue weighted by molar-refractivity contribution is 5.76. The van der Waals surface area contributed by atoms with E-state index in [0.29, 0.717) is 6.42 Å². The van der Waals surface area contributed by atoms with Crippen molar-refractivity contribution in [3.8, 4) is 0 Å². The SMILES string of the molecule is CCCCCCCCCCCCCCCCCCCC/C=C/C(O)C(COC1OC(CO)C(OC2OC(CO)C(OC3OC(CO)C(O)C(O)C3O)C(O)C2O)C(O)C1O)NC(=O)CCCCCCCCCCCCCCCCCCCC. The van der Waals surface area contributed by atoms with Crippen molar-refractivity contribution in [2.24, 2.45) is 0 Å². The summed E-state index contributed by atoms with van der Waals surface area (Å²) in [6.07, 6.45) is 23.2. The second-order valence-corrected chi connectivity index (χ2v) is 24.3. The number of allylic oxidation sites excluding steroid dienone is 1. The number of rotatable bonds is 51. The number of aliphatic hydroxyl groups excluding tert-OH is 11. The molecule has 0 aromatic carbocycles. The molecule has 1 amide bonds.